The molecule has 2 heterocycles. The Bertz CT molecular complexity index is 1070. The molecule has 1 aliphatic rings. The first kappa shape index (κ1) is 22.0. The normalized spacial score (nSPS) is 13.9. The van der Waals surface area contributed by atoms with Gasteiger partial charge in [0.1, 0.15) is 12.4 Å². The van der Waals surface area contributed by atoms with Crippen molar-refractivity contribution in [3.05, 3.63) is 70.1 Å². The van der Waals surface area contributed by atoms with Crippen molar-refractivity contribution in [1.82, 2.24) is 10.1 Å². The second-order valence-electron chi connectivity index (χ2n) is 7.71. The van der Waals surface area contributed by atoms with Crippen molar-refractivity contribution < 1.29 is 18.8 Å². The third-order valence-electron chi connectivity index (χ3n) is 5.72. The van der Waals surface area contributed by atoms with Crippen molar-refractivity contribution in [2.45, 2.75) is 20.5 Å². The third-order valence-corrected chi connectivity index (χ3v) is 5.97. The van der Waals surface area contributed by atoms with Crippen LogP contribution in [0.25, 0.3) is 0 Å². The molecule has 2 aromatic carbocycles. The highest BCUT2D eigenvalue weighted by Gasteiger charge is 2.23. The molecule has 0 N–H and O–H groups in total. The molecule has 1 aliphatic heterocycles. The van der Waals surface area contributed by atoms with Crippen molar-refractivity contribution >= 4 is 23.2 Å². The van der Waals surface area contributed by atoms with Gasteiger partial charge in [0, 0.05) is 42.5 Å². The van der Waals surface area contributed by atoms with Crippen LogP contribution >= 0.6 is 11.6 Å². The van der Waals surface area contributed by atoms with E-state index in [2.05, 4.69) is 10.1 Å². The minimum atomic E-state index is -0.0173. The summed E-state index contributed by atoms with van der Waals surface area (Å²) in [7, 11) is 1.57. The number of nitrogens with zero attached hydrogens (tertiary/aromatic N) is 3. The second kappa shape index (κ2) is 9.53. The largest absolute Gasteiger partial charge is 0.493 e. The number of piperazine rings is 1. The summed E-state index contributed by atoms with van der Waals surface area (Å²) in [5, 5.41) is 4.66. The van der Waals surface area contributed by atoms with Crippen LogP contribution < -0.4 is 14.4 Å². The lowest BCUT2D eigenvalue weighted by atomic mass is 10.1. The van der Waals surface area contributed by atoms with E-state index in [-0.39, 0.29) is 5.91 Å². The van der Waals surface area contributed by atoms with Crippen LogP contribution in [0.3, 0.4) is 0 Å². The lowest BCUT2D eigenvalue weighted by molar-refractivity contribution is 0.0746. The van der Waals surface area contributed by atoms with Crippen LogP contribution in [-0.2, 0) is 6.61 Å². The molecule has 3 aromatic rings. The van der Waals surface area contributed by atoms with E-state index in [4.69, 9.17) is 25.6 Å². The first-order chi connectivity index (χ1) is 15.5. The molecule has 32 heavy (non-hydrogen) atoms. The number of carbonyl (C=O) groups excluding carboxylic acids is 1. The number of benzene rings is 2. The van der Waals surface area contributed by atoms with Crippen LogP contribution in [-0.4, -0.2) is 49.3 Å². The van der Waals surface area contributed by atoms with Gasteiger partial charge in [-0.15, -0.1) is 0 Å². The minimum absolute atomic E-state index is 0.0173. The number of rotatable bonds is 6. The molecule has 0 saturated carbocycles. The standard InChI is InChI=1S/C24H26ClN3O4/c1-16-21(17(2)32-26-16)15-31-22-9-4-18(14-23(22)30-3)24(29)28-12-10-27(11-13-28)20-7-5-19(25)6-8-20/h4-9,14H,10-13,15H2,1-3H3. The summed E-state index contributed by atoms with van der Waals surface area (Å²) in [4.78, 5) is 17.2. The van der Waals surface area contributed by atoms with Gasteiger partial charge in [0.15, 0.2) is 11.5 Å². The predicted molar refractivity (Wildman–Crippen MR) is 123 cm³/mol. The Kier molecular flexibility index (Phi) is 6.55. The number of aryl methyl sites for hydroxylation is 2. The zero-order valence-corrected chi connectivity index (χ0v) is 19.2. The first-order valence-electron chi connectivity index (χ1n) is 10.5. The Morgan fingerprint density at radius 3 is 2.41 bits per heavy atom. The molecule has 0 unspecified atom stereocenters. The van der Waals surface area contributed by atoms with Crippen LogP contribution in [0.1, 0.15) is 27.4 Å². The molecule has 1 saturated heterocycles. The van der Waals surface area contributed by atoms with Crippen molar-refractivity contribution in [3.8, 4) is 11.5 Å². The second-order valence-corrected chi connectivity index (χ2v) is 8.15. The van der Waals surface area contributed by atoms with Gasteiger partial charge < -0.3 is 23.8 Å². The zero-order chi connectivity index (χ0) is 22.7. The van der Waals surface area contributed by atoms with Gasteiger partial charge in [0.2, 0.25) is 0 Å². The van der Waals surface area contributed by atoms with Crippen LogP contribution in [0.15, 0.2) is 47.0 Å². The lowest BCUT2D eigenvalue weighted by Crippen LogP contribution is -2.48. The van der Waals surface area contributed by atoms with Crippen molar-refractivity contribution in [1.29, 1.82) is 0 Å². The summed E-state index contributed by atoms with van der Waals surface area (Å²) in [5.41, 5.74) is 3.39. The summed E-state index contributed by atoms with van der Waals surface area (Å²) in [6.45, 7) is 6.87. The number of hydrogen-bond donors (Lipinski definition) is 0. The molecule has 0 atom stereocenters. The molecular weight excluding hydrogens is 430 g/mol. The maximum Gasteiger partial charge on any atom is 0.254 e. The molecule has 0 bridgehead atoms. The Morgan fingerprint density at radius 2 is 1.78 bits per heavy atom. The number of amides is 1. The van der Waals surface area contributed by atoms with Crippen molar-refractivity contribution in [3.63, 3.8) is 0 Å². The Hall–Kier alpha value is -3.19. The fourth-order valence-electron chi connectivity index (χ4n) is 3.78. The highest BCUT2D eigenvalue weighted by atomic mass is 35.5. The third kappa shape index (κ3) is 4.67. The van der Waals surface area contributed by atoms with E-state index in [9.17, 15) is 4.79 Å². The van der Waals surface area contributed by atoms with Gasteiger partial charge in [0.05, 0.1) is 18.4 Å². The average molecular weight is 456 g/mol. The van der Waals surface area contributed by atoms with Crippen LogP contribution in [0.2, 0.25) is 5.02 Å². The zero-order valence-electron chi connectivity index (χ0n) is 18.4. The molecule has 0 spiro atoms. The highest BCUT2D eigenvalue weighted by molar-refractivity contribution is 6.30. The Balaban J connectivity index is 1.40. The quantitative estimate of drug-likeness (QED) is 0.545. The minimum Gasteiger partial charge on any atom is -0.493 e. The molecule has 7 nitrogen and oxygen atoms in total. The fourth-order valence-corrected chi connectivity index (χ4v) is 3.91. The summed E-state index contributed by atoms with van der Waals surface area (Å²) in [6.07, 6.45) is 0. The van der Waals surface area contributed by atoms with Gasteiger partial charge in [-0.25, -0.2) is 0 Å². The van der Waals surface area contributed by atoms with E-state index in [1.165, 1.54) is 0 Å². The number of hydrogen-bond acceptors (Lipinski definition) is 6. The summed E-state index contributed by atoms with van der Waals surface area (Å²) in [5.74, 6) is 1.79. The summed E-state index contributed by atoms with van der Waals surface area (Å²) >= 11 is 5.98. The van der Waals surface area contributed by atoms with Crippen molar-refractivity contribution in [2.75, 3.05) is 38.2 Å². The van der Waals surface area contributed by atoms with Gasteiger partial charge in [-0.05, 0) is 56.3 Å². The van der Waals surface area contributed by atoms with Gasteiger partial charge >= 0.3 is 0 Å². The number of aromatic nitrogens is 1. The molecule has 1 amide bonds. The van der Waals surface area contributed by atoms with Gasteiger partial charge in [-0.1, -0.05) is 16.8 Å². The number of anilines is 1. The van der Waals surface area contributed by atoms with E-state index >= 15 is 0 Å². The fraction of sp³-hybridized carbons (Fsp3) is 0.333. The van der Waals surface area contributed by atoms with E-state index in [1.54, 1.807) is 25.3 Å². The van der Waals surface area contributed by atoms with E-state index < -0.39 is 0 Å². The molecule has 4 rings (SSSR count). The summed E-state index contributed by atoms with van der Waals surface area (Å²) < 4.78 is 16.6. The molecule has 0 aliphatic carbocycles. The van der Waals surface area contributed by atoms with Crippen LogP contribution in [0, 0.1) is 13.8 Å². The Morgan fingerprint density at radius 1 is 1.06 bits per heavy atom. The van der Waals surface area contributed by atoms with Crippen LogP contribution in [0.4, 0.5) is 5.69 Å². The number of methoxy groups -OCH3 is 1. The monoisotopic (exact) mass is 455 g/mol. The molecule has 0 radical (unpaired) electrons. The van der Waals surface area contributed by atoms with E-state index in [1.807, 2.05) is 43.0 Å². The SMILES string of the molecule is COc1cc(C(=O)N2CCN(c3ccc(Cl)cc3)CC2)ccc1OCc1c(C)noc1C. The smallest absolute Gasteiger partial charge is 0.254 e. The number of carbonyl (C=O) groups is 1. The van der Waals surface area contributed by atoms with Gasteiger partial charge in [-0.2, -0.15) is 0 Å². The molecule has 1 aromatic heterocycles. The maximum absolute atomic E-state index is 13.1. The lowest BCUT2D eigenvalue weighted by Gasteiger charge is -2.36. The number of ether oxygens (including phenoxy) is 2. The van der Waals surface area contributed by atoms with Gasteiger partial charge in [0.25, 0.3) is 5.91 Å². The topological polar surface area (TPSA) is 68.0 Å². The van der Waals surface area contributed by atoms with E-state index in [0.717, 1.165) is 40.8 Å². The van der Waals surface area contributed by atoms with Crippen molar-refractivity contribution in [2.24, 2.45) is 0 Å². The molecule has 1 fully saturated rings. The maximum atomic E-state index is 13.1. The van der Waals surface area contributed by atoms with Gasteiger partial charge in [-0.3, -0.25) is 4.79 Å². The van der Waals surface area contributed by atoms with E-state index in [0.29, 0.717) is 36.8 Å². The summed E-state index contributed by atoms with van der Waals surface area (Å²) in [6, 6.07) is 13.1. The number of halogens is 1. The first-order valence-corrected chi connectivity index (χ1v) is 10.9. The molecule has 8 heteroatoms. The molecule has 168 valence electrons. The predicted octanol–water partition coefficient (Wildman–Crippen LogP) is 4.49. The Labute approximate surface area is 192 Å². The average Bonchev–Trinajstić information content (AvgIpc) is 3.14. The van der Waals surface area contributed by atoms with Crippen LogP contribution in [0.5, 0.6) is 11.5 Å². The highest BCUT2D eigenvalue weighted by Crippen LogP contribution is 2.30. The molecular formula is C24H26ClN3O4.